The van der Waals surface area contributed by atoms with Crippen molar-refractivity contribution in [2.75, 3.05) is 0 Å². The molecule has 0 N–H and O–H groups in total. The third-order valence-corrected chi connectivity index (χ3v) is 2.15. The first-order chi connectivity index (χ1) is 2.27. The average Bonchev–Trinajstić information content (AvgIpc) is 1.38. The highest BCUT2D eigenvalue weighted by atomic mass is 35.5. The standard InChI is InChI=1S/CH2Cl2S2/c2-1(3)5-4/h1,4H. The van der Waals surface area contributed by atoms with Crippen molar-refractivity contribution in [3.63, 3.8) is 0 Å². The molecule has 0 fully saturated rings. The van der Waals surface area contributed by atoms with E-state index in [4.69, 9.17) is 23.2 Å². The molecule has 0 atom stereocenters. The lowest BCUT2D eigenvalue weighted by molar-refractivity contribution is 2.02. The zero-order valence-electron chi connectivity index (χ0n) is 2.19. The summed E-state index contributed by atoms with van der Waals surface area (Å²) >= 11 is 13.9. The van der Waals surface area contributed by atoms with E-state index < -0.39 is 4.17 Å². The van der Waals surface area contributed by atoms with Crippen LogP contribution in [0, 0.1) is 0 Å². The minimum absolute atomic E-state index is 0.390. The van der Waals surface area contributed by atoms with E-state index in [1.54, 1.807) is 0 Å². The van der Waals surface area contributed by atoms with Crippen molar-refractivity contribution >= 4 is 45.7 Å². The van der Waals surface area contributed by atoms with Gasteiger partial charge in [-0.2, -0.15) is 0 Å². The fraction of sp³-hybridized carbons (Fsp3) is 1.00. The number of halogens is 2. The van der Waals surface area contributed by atoms with Gasteiger partial charge in [-0.05, 0) is 0 Å². The molecule has 32 valence electrons. The Labute approximate surface area is 50.0 Å². The Hall–Kier alpha value is 1.28. The lowest BCUT2D eigenvalue weighted by atomic mass is 11.9. The Morgan fingerprint density at radius 2 is 1.80 bits per heavy atom. The molecule has 0 unspecified atom stereocenters. The molecule has 0 amide bonds. The second-order valence-corrected chi connectivity index (χ2v) is 3.29. The highest BCUT2D eigenvalue weighted by Gasteiger charge is 1.88. The van der Waals surface area contributed by atoms with Crippen molar-refractivity contribution in [3.8, 4) is 0 Å². The van der Waals surface area contributed by atoms with Crippen LogP contribution in [0.15, 0.2) is 0 Å². The molecular formula is CH2Cl2S2. The van der Waals surface area contributed by atoms with E-state index in [1.165, 1.54) is 0 Å². The van der Waals surface area contributed by atoms with Crippen LogP contribution in [0.5, 0.6) is 0 Å². The molecule has 0 rings (SSSR count). The number of rotatable bonds is 1. The third-order valence-electron chi connectivity index (χ3n) is 0.0797. The van der Waals surface area contributed by atoms with Crippen LogP contribution < -0.4 is 0 Å². The molecule has 0 spiro atoms. The van der Waals surface area contributed by atoms with Crippen molar-refractivity contribution in [1.82, 2.24) is 0 Å². The van der Waals surface area contributed by atoms with Crippen LogP contribution in [0.25, 0.3) is 0 Å². The summed E-state index contributed by atoms with van der Waals surface area (Å²) in [6.45, 7) is 0. The van der Waals surface area contributed by atoms with Crippen molar-refractivity contribution < 1.29 is 0 Å². The van der Waals surface area contributed by atoms with Gasteiger partial charge < -0.3 is 0 Å². The summed E-state index contributed by atoms with van der Waals surface area (Å²) in [5.41, 5.74) is 0. The van der Waals surface area contributed by atoms with Crippen LogP contribution in [0.3, 0.4) is 0 Å². The van der Waals surface area contributed by atoms with E-state index in [-0.39, 0.29) is 0 Å². The van der Waals surface area contributed by atoms with Crippen LogP contribution in [0.2, 0.25) is 0 Å². The van der Waals surface area contributed by atoms with E-state index in [0.29, 0.717) is 0 Å². The van der Waals surface area contributed by atoms with Gasteiger partial charge in [0.25, 0.3) is 0 Å². The number of alkyl halides is 2. The Kier molecular flexibility index (Phi) is 4.36. The van der Waals surface area contributed by atoms with Gasteiger partial charge in [0.1, 0.15) is 0 Å². The summed E-state index contributed by atoms with van der Waals surface area (Å²) in [5, 5.41) is 0. The second-order valence-electron chi connectivity index (χ2n) is 0.366. The van der Waals surface area contributed by atoms with Crippen LogP contribution in [-0.4, -0.2) is 4.17 Å². The zero-order valence-corrected chi connectivity index (χ0v) is 5.41. The number of hydrogen-bond acceptors (Lipinski definition) is 2. The predicted molar refractivity (Wildman–Crippen MR) is 32.1 cm³/mol. The van der Waals surface area contributed by atoms with E-state index >= 15 is 0 Å². The summed E-state index contributed by atoms with van der Waals surface area (Å²) < 4.78 is -0.390. The Morgan fingerprint density at radius 1 is 1.60 bits per heavy atom. The van der Waals surface area contributed by atoms with Gasteiger partial charge in [0.05, 0.1) is 0 Å². The topological polar surface area (TPSA) is 0 Å². The highest BCUT2D eigenvalue weighted by Crippen LogP contribution is 2.21. The van der Waals surface area contributed by atoms with Crippen LogP contribution in [0.4, 0.5) is 0 Å². The van der Waals surface area contributed by atoms with Gasteiger partial charge in [-0.1, -0.05) is 34.0 Å². The van der Waals surface area contributed by atoms with Gasteiger partial charge >= 0.3 is 0 Å². The average molecular weight is 149 g/mol. The molecule has 0 nitrogen and oxygen atoms in total. The van der Waals surface area contributed by atoms with E-state index in [0.717, 1.165) is 10.8 Å². The summed E-state index contributed by atoms with van der Waals surface area (Å²) in [6, 6.07) is 0. The van der Waals surface area contributed by atoms with E-state index in [2.05, 4.69) is 11.7 Å². The molecule has 0 aliphatic rings. The fourth-order valence-electron chi connectivity index (χ4n) is 0. The van der Waals surface area contributed by atoms with Gasteiger partial charge in [0, 0.05) is 0 Å². The molecule has 0 radical (unpaired) electrons. The highest BCUT2D eigenvalue weighted by molar-refractivity contribution is 8.69. The number of hydrogen-bond donors (Lipinski definition) is 1. The van der Waals surface area contributed by atoms with Crippen molar-refractivity contribution in [1.29, 1.82) is 0 Å². The maximum Gasteiger partial charge on any atom is 0.162 e. The van der Waals surface area contributed by atoms with Gasteiger partial charge in [-0.3, -0.25) is 0 Å². The van der Waals surface area contributed by atoms with Gasteiger partial charge in [0.2, 0.25) is 0 Å². The minimum Gasteiger partial charge on any atom is -0.109 e. The molecule has 0 bridgehead atoms. The summed E-state index contributed by atoms with van der Waals surface area (Å²) in [6.07, 6.45) is 0. The van der Waals surface area contributed by atoms with Crippen molar-refractivity contribution in [2.24, 2.45) is 0 Å². The molecule has 0 aliphatic heterocycles. The Balaban J connectivity index is 2.54. The van der Waals surface area contributed by atoms with E-state index in [1.807, 2.05) is 0 Å². The summed E-state index contributed by atoms with van der Waals surface area (Å²) in [7, 11) is 1.10. The first kappa shape index (κ1) is 6.28. The van der Waals surface area contributed by atoms with Crippen LogP contribution in [-0.2, 0) is 0 Å². The third kappa shape index (κ3) is 5.28. The van der Waals surface area contributed by atoms with Gasteiger partial charge in [0.15, 0.2) is 4.17 Å². The smallest absolute Gasteiger partial charge is 0.109 e. The van der Waals surface area contributed by atoms with Gasteiger partial charge in [-0.25, -0.2) is 0 Å². The van der Waals surface area contributed by atoms with E-state index in [9.17, 15) is 0 Å². The lowest BCUT2D eigenvalue weighted by Crippen LogP contribution is -1.62. The van der Waals surface area contributed by atoms with Crippen molar-refractivity contribution in [3.05, 3.63) is 0 Å². The fourth-order valence-corrected chi connectivity index (χ4v) is 0. The summed E-state index contributed by atoms with van der Waals surface area (Å²) in [5.74, 6) is 0. The monoisotopic (exact) mass is 148 g/mol. The largest absolute Gasteiger partial charge is 0.162 e. The molecular weight excluding hydrogens is 147 g/mol. The molecule has 4 heteroatoms. The molecule has 0 aliphatic carbocycles. The number of thiol groups is 1. The molecule has 5 heavy (non-hydrogen) atoms. The first-order valence-corrected chi connectivity index (χ1v) is 3.66. The van der Waals surface area contributed by atoms with Crippen LogP contribution >= 0.6 is 45.7 Å². The SMILES string of the molecule is SSC(Cl)Cl. The Morgan fingerprint density at radius 3 is 1.80 bits per heavy atom. The quantitative estimate of drug-likeness (QED) is 0.339. The molecule has 0 aromatic heterocycles. The lowest BCUT2D eigenvalue weighted by Gasteiger charge is -1.83. The van der Waals surface area contributed by atoms with Crippen molar-refractivity contribution in [2.45, 2.75) is 4.17 Å². The molecule has 0 saturated carbocycles. The molecule has 0 aromatic rings. The normalized spacial score (nSPS) is 9.60. The zero-order chi connectivity index (χ0) is 4.28. The first-order valence-electron chi connectivity index (χ1n) is 0.855. The molecule has 0 heterocycles. The maximum atomic E-state index is 5.11. The predicted octanol–water partition coefficient (Wildman–Crippen LogP) is 2.33. The molecule has 0 aromatic carbocycles. The minimum atomic E-state index is -0.390. The molecule has 0 saturated heterocycles. The van der Waals surface area contributed by atoms with Gasteiger partial charge in [-0.15, -0.1) is 11.7 Å². The second kappa shape index (κ2) is 3.47. The van der Waals surface area contributed by atoms with Crippen LogP contribution in [0.1, 0.15) is 0 Å². The Bertz CT molecular complexity index is 21.6. The summed E-state index contributed by atoms with van der Waals surface area (Å²) in [4.78, 5) is 0. The maximum absolute atomic E-state index is 5.11.